The van der Waals surface area contributed by atoms with Crippen molar-refractivity contribution in [1.29, 1.82) is 0 Å². The molecule has 0 aliphatic heterocycles. The second-order valence-electron chi connectivity index (χ2n) is 4.65. The van der Waals surface area contributed by atoms with Crippen LogP contribution in [0.1, 0.15) is 22.4 Å². The minimum absolute atomic E-state index is 0.233. The van der Waals surface area contributed by atoms with E-state index in [2.05, 4.69) is 42.6 Å². The topological polar surface area (TPSA) is 39.2 Å². The quantitative estimate of drug-likeness (QED) is 0.805. The fraction of sp³-hybridized carbons (Fsp3) is 0.333. The Morgan fingerprint density at radius 3 is 2.58 bits per heavy atom. The molecule has 0 bridgehead atoms. The summed E-state index contributed by atoms with van der Waals surface area (Å²) in [5, 5.41) is 2.88. The van der Waals surface area contributed by atoms with Gasteiger partial charge in [0.15, 0.2) is 0 Å². The van der Waals surface area contributed by atoms with E-state index in [9.17, 15) is 4.79 Å². The highest BCUT2D eigenvalue weighted by Gasteiger charge is 2.11. The Balaban J connectivity index is 2.33. The monoisotopic (exact) mass is 275 g/mol. The van der Waals surface area contributed by atoms with Crippen LogP contribution in [0.3, 0.4) is 0 Å². The van der Waals surface area contributed by atoms with Gasteiger partial charge in [-0.05, 0) is 43.5 Å². The standard InChI is InChI=1S/C15H17NO2S/c1-9-5-11(3)13(6-10(9)2)15-16-12(8-19-15)7-14(17)18-4/h5-6,8H,7H2,1-4H3. The van der Waals surface area contributed by atoms with Crippen LogP contribution in [0.4, 0.5) is 0 Å². The average molecular weight is 275 g/mol. The molecule has 1 aromatic carbocycles. The maximum Gasteiger partial charge on any atom is 0.311 e. The van der Waals surface area contributed by atoms with Gasteiger partial charge in [-0.3, -0.25) is 4.79 Å². The molecule has 0 N–H and O–H groups in total. The number of aromatic nitrogens is 1. The predicted molar refractivity (Wildman–Crippen MR) is 77.5 cm³/mol. The first-order chi connectivity index (χ1) is 9.01. The third-order valence-corrected chi connectivity index (χ3v) is 4.10. The lowest BCUT2D eigenvalue weighted by molar-refractivity contribution is -0.139. The number of rotatable bonds is 3. The number of carbonyl (C=O) groups excluding carboxylic acids is 1. The fourth-order valence-electron chi connectivity index (χ4n) is 1.92. The molecular weight excluding hydrogens is 258 g/mol. The minimum atomic E-state index is -0.256. The molecule has 1 aromatic heterocycles. The van der Waals surface area contributed by atoms with Crippen molar-refractivity contribution in [1.82, 2.24) is 4.98 Å². The Morgan fingerprint density at radius 1 is 1.21 bits per heavy atom. The highest BCUT2D eigenvalue weighted by Crippen LogP contribution is 2.29. The highest BCUT2D eigenvalue weighted by molar-refractivity contribution is 7.13. The van der Waals surface area contributed by atoms with Gasteiger partial charge in [0.2, 0.25) is 0 Å². The maximum absolute atomic E-state index is 11.2. The van der Waals surface area contributed by atoms with E-state index in [-0.39, 0.29) is 12.4 Å². The van der Waals surface area contributed by atoms with Gasteiger partial charge in [-0.1, -0.05) is 6.07 Å². The summed E-state index contributed by atoms with van der Waals surface area (Å²) in [5.41, 5.74) is 5.66. The van der Waals surface area contributed by atoms with Crippen molar-refractivity contribution in [2.45, 2.75) is 27.2 Å². The minimum Gasteiger partial charge on any atom is -0.469 e. The van der Waals surface area contributed by atoms with Crippen LogP contribution in [-0.4, -0.2) is 18.1 Å². The SMILES string of the molecule is COC(=O)Cc1csc(-c2cc(C)c(C)cc2C)n1. The third-order valence-electron chi connectivity index (χ3n) is 3.18. The summed E-state index contributed by atoms with van der Waals surface area (Å²) in [5.74, 6) is -0.256. The van der Waals surface area contributed by atoms with Crippen molar-refractivity contribution in [2.24, 2.45) is 0 Å². The lowest BCUT2D eigenvalue weighted by atomic mass is 10.0. The van der Waals surface area contributed by atoms with Crippen LogP contribution < -0.4 is 0 Å². The van der Waals surface area contributed by atoms with Gasteiger partial charge in [-0.15, -0.1) is 11.3 Å². The molecule has 0 radical (unpaired) electrons. The van der Waals surface area contributed by atoms with Crippen LogP contribution in [0.15, 0.2) is 17.5 Å². The number of carbonyl (C=O) groups is 1. The van der Waals surface area contributed by atoms with Crippen LogP contribution in [0.25, 0.3) is 10.6 Å². The number of hydrogen-bond acceptors (Lipinski definition) is 4. The Bertz CT molecular complexity index is 617. The molecule has 0 unspecified atom stereocenters. The summed E-state index contributed by atoms with van der Waals surface area (Å²) < 4.78 is 4.65. The molecule has 0 amide bonds. The molecule has 0 atom stereocenters. The fourth-order valence-corrected chi connectivity index (χ4v) is 2.82. The van der Waals surface area contributed by atoms with E-state index < -0.39 is 0 Å². The first kappa shape index (κ1) is 13.7. The molecule has 0 spiro atoms. The van der Waals surface area contributed by atoms with Crippen LogP contribution in [-0.2, 0) is 16.0 Å². The number of aryl methyl sites for hydroxylation is 3. The molecule has 0 aliphatic rings. The zero-order valence-corrected chi connectivity index (χ0v) is 12.4. The van der Waals surface area contributed by atoms with E-state index in [0.29, 0.717) is 0 Å². The van der Waals surface area contributed by atoms with E-state index in [0.717, 1.165) is 16.3 Å². The Labute approximate surface area is 117 Å². The van der Waals surface area contributed by atoms with Crippen molar-refractivity contribution in [3.8, 4) is 10.6 Å². The molecular formula is C15H17NO2S. The molecule has 0 fully saturated rings. The summed E-state index contributed by atoms with van der Waals surface area (Å²) in [4.78, 5) is 15.8. The van der Waals surface area contributed by atoms with Gasteiger partial charge in [0.25, 0.3) is 0 Å². The van der Waals surface area contributed by atoms with E-state index in [1.54, 1.807) is 11.3 Å². The number of esters is 1. The van der Waals surface area contributed by atoms with Crippen LogP contribution >= 0.6 is 11.3 Å². The van der Waals surface area contributed by atoms with Gasteiger partial charge in [0.1, 0.15) is 5.01 Å². The van der Waals surface area contributed by atoms with Gasteiger partial charge in [-0.25, -0.2) is 4.98 Å². The van der Waals surface area contributed by atoms with Crippen molar-refractivity contribution in [3.05, 3.63) is 39.9 Å². The molecule has 0 saturated carbocycles. The van der Waals surface area contributed by atoms with E-state index in [4.69, 9.17) is 0 Å². The molecule has 4 heteroatoms. The number of benzene rings is 1. The molecule has 2 rings (SSSR count). The lowest BCUT2D eigenvalue weighted by Crippen LogP contribution is -2.04. The average Bonchev–Trinajstić information content (AvgIpc) is 2.82. The smallest absolute Gasteiger partial charge is 0.311 e. The van der Waals surface area contributed by atoms with Crippen molar-refractivity contribution < 1.29 is 9.53 Å². The molecule has 100 valence electrons. The van der Waals surface area contributed by atoms with Gasteiger partial charge < -0.3 is 4.74 Å². The Hall–Kier alpha value is -1.68. The van der Waals surface area contributed by atoms with E-state index in [1.807, 2.05) is 5.38 Å². The van der Waals surface area contributed by atoms with Gasteiger partial charge in [0, 0.05) is 10.9 Å². The normalized spacial score (nSPS) is 10.5. The predicted octanol–water partition coefficient (Wildman–Crippen LogP) is 3.45. The van der Waals surface area contributed by atoms with Gasteiger partial charge >= 0.3 is 5.97 Å². The molecule has 1 heterocycles. The molecule has 2 aromatic rings. The number of ether oxygens (including phenoxy) is 1. The van der Waals surface area contributed by atoms with Crippen molar-refractivity contribution in [2.75, 3.05) is 7.11 Å². The van der Waals surface area contributed by atoms with Crippen LogP contribution in [0, 0.1) is 20.8 Å². The number of methoxy groups -OCH3 is 1. The zero-order valence-electron chi connectivity index (χ0n) is 11.6. The number of hydrogen-bond donors (Lipinski definition) is 0. The largest absolute Gasteiger partial charge is 0.469 e. The summed E-state index contributed by atoms with van der Waals surface area (Å²) in [6, 6.07) is 4.33. The number of nitrogens with zero attached hydrogens (tertiary/aromatic N) is 1. The first-order valence-corrected chi connectivity index (χ1v) is 6.98. The molecule has 0 saturated heterocycles. The summed E-state index contributed by atoms with van der Waals surface area (Å²) in [6.07, 6.45) is 0.233. The molecule has 0 aliphatic carbocycles. The summed E-state index contributed by atoms with van der Waals surface area (Å²) in [7, 11) is 1.39. The van der Waals surface area contributed by atoms with Crippen molar-refractivity contribution >= 4 is 17.3 Å². The second kappa shape index (κ2) is 5.53. The second-order valence-corrected chi connectivity index (χ2v) is 5.51. The van der Waals surface area contributed by atoms with Gasteiger partial charge in [-0.2, -0.15) is 0 Å². The zero-order chi connectivity index (χ0) is 14.0. The van der Waals surface area contributed by atoms with Crippen LogP contribution in [0.2, 0.25) is 0 Å². The van der Waals surface area contributed by atoms with E-state index in [1.165, 1.54) is 23.8 Å². The lowest BCUT2D eigenvalue weighted by Gasteiger charge is -2.07. The third kappa shape index (κ3) is 3.01. The number of thiazole rings is 1. The van der Waals surface area contributed by atoms with Gasteiger partial charge in [0.05, 0.1) is 19.2 Å². The maximum atomic E-state index is 11.2. The highest BCUT2D eigenvalue weighted by atomic mass is 32.1. The summed E-state index contributed by atoms with van der Waals surface area (Å²) in [6.45, 7) is 6.29. The molecule has 3 nitrogen and oxygen atoms in total. The Morgan fingerprint density at radius 2 is 1.89 bits per heavy atom. The molecule has 19 heavy (non-hydrogen) atoms. The summed E-state index contributed by atoms with van der Waals surface area (Å²) >= 11 is 1.56. The Kier molecular flexibility index (Phi) is 4.00. The van der Waals surface area contributed by atoms with Crippen molar-refractivity contribution in [3.63, 3.8) is 0 Å². The van der Waals surface area contributed by atoms with Crippen LogP contribution in [0.5, 0.6) is 0 Å². The first-order valence-electron chi connectivity index (χ1n) is 6.10. The van der Waals surface area contributed by atoms with E-state index >= 15 is 0 Å².